The van der Waals surface area contributed by atoms with Crippen molar-refractivity contribution < 1.29 is 9.21 Å². The van der Waals surface area contributed by atoms with Gasteiger partial charge in [0.2, 0.25) is 5.78 Å². The summed E-state index contributed by atoms with van der Waals surface area (Å²) in [4.78, 5) is 12.3. The van der Waals surface area contributed by atoms with Gasteiger partial charge in [0.25, 0.3) is 0 Å². The highest BCUT2D eigenvalue weighted by atomic mass is 79.9. The lowest BCUT2D eigenvalue weighted by Crippen LogP contribution is -2.11. The normalized spacial score (nSPS) is 10.8. The molecule has 4 nitrogen and oxygen atoms in total. The molecule has 0 aliphatic rings. The minimum Gasteiger partial charge on any atom is -0.469 e. The molecule has 0 atom stereocenters. The molecule has 0 saturated carbocycles. The summed E-state index contributed by atoms with van der Waals surface area (Å²) in [6, 6.07) is 1.73. The fourth-order valence-corrected chi connectivity index (χ4v) is 2.15. The van der Waals surface area contributed by atoms with Crippen molar-refractivity contribution in [2.24, 2.45) is 0 Å². The van der Waals surface area contributed by atoms with Crippen LogP contribution >= 0.6 is 15.9 Å². The number of rotatable bonds is 4. The first-order valence-corrected chi connectivity index (χ1v) is 6.24. The van der Waals surface area contributed by atoms with E-state index in [0.29, 0.717) is 11.3 Å². The van der Waals surface area contributed by atoms with Crippen LogP contribution in [0.3, 0.4) is 0 Å². The van der Waals surface area contributed by atoms with Crippen LogP contribution in [-0.4, -0.2) is 15.6 Å². The van der Waals surface area contributed by atoms with Crippen molar-refractivity contribution in [2.75, 3.05) is 0 Å². The summed E-state index contributed by atoms with van der Waals surface area (Å²) in [5.41, 5.74) is 1.13. The van der Waals surface area contributed by atoms with Crippen LogP contribution in [0.5, 0.6) is 0 Å². The van der Waals surface area contributed by atoms with Crippen molar-refractivity contribution in [2.45, 2.75) is 26.8 Å². The van der Waals surface area contributed by atoms with Crippen molar-refractivity contribution >= 4 is 21.7 Å². The standard InChI is InChI=1S/C12H13BrN2O2/c1-3-4-15-11(10(13)6-14-15)12(16)9-5-8(2)17-7-9/h5-7H,3-4H2,1-2H3. The number of carbonyl (C=O) groups is 1. The summed E-state index contributed by atoms with van der Waals surface area (Å²) in [5.74, 6) is 0.658. The Morgan fingerprint density at radius 3 is 2.94 bits per heavy atom. The third kappa shape index (κ3) is 2.34. The molecule has 0 N–H and O–H groups in total. The number of nitrogens with zero attached hydrogens (tertiary/aromatic N) is 2. The fraction of sp³-hybridized carbons (Fsp3) is 0.333. The molecule has 0 saturated heterocycles. The summed E-state index contributed by atoms with van der Waals surface area (Å²) in [6.07, 6.45) is 4.06. The van der Waals surface area contributed by atoms with Crippen LogP contribution in [0.25, 0.3) is 0 Å². The summed E-state index contributed by atoms with van der Waals surface area (Å²) in [7, 11) is 0. The average Bonchev–Trinajstić information content (AvgIpc) is 2.86. The van der Waals surface area contributed by atoms with Gasteiger partial charge in [0.05, 0.1) is 16.2 Å². The molecule has 0 unspecified atom stereocenters. The van der Waals surface area contributed by atoms with Crippen LogP contribution in [0.2, 0.25) is 0 Å². The van der Waals surface area contributed by atoms with Gasteiger partial charge in [-0.05, 0) is 35.3 Å². The van der Waals surface area contributed by atoms with E-state index >= 15 is 0 Å². The van der Waals surface area contributed by atoms with E-state index in [2.05, 4.69) is 21.0 Å². The first-order valence-electron chi connectivity index (χ1n) is 5.44. The number of halogens is 1. The highest BCUT2D eigenvalue weighted by Gasteiger charge is 2.19. The molecule has 2 aromatic rings. The Hall–Kier alpha value is -1.36. The van der Waals surface area contributed by atoms with E-state index in [9.17, 15) is 4.79 Å². The SMILES string of the molecule is CCCn1ncc(Br)c1C(=O)c1coc(C)c1. The molecule has 0 fully saturated rings. The molecule has 0 bridgehead atoms. The third-order valence-corrected chi connectivity index (χ3v) is 3.02. The van der Waals surface area contributed by atoms with Crippen LogP contribution in [0.1, 0.15) is 35.2 Å². The first kappa shape index (κ1) is 12.1. The maximum absolute atomic E-state index is 12.3. The Labute approximate surface area is 108 Å². The molecular weight excluding hydrogens is 284 g/mol. The van der Waals surface area contributed by atoms with E-state index < -0.39 is 0 Å². The third-order valence-electron chi connectivity index (χ3n) is 2.44. The first-order chi connectivity index (χ1) is 8.13. The highest BCUT2D eigenvalue weighted by Crippen LogP contribution is 2.21. The number of furan rings is 1. The number of ketones is 1. The maximum Gasteiger partial charge on any atom is 0.215 e. The van der Waals surface area contributed by atoms with Crippen LogP contribution in [0.4, 0.5) is 0 Å². The second kappa shape index (κ2) is 4.87. The number of hydrogen-bond donors (Lipinski definition) is 0. The lowest BCUT2D eigenvalue weighted by atomic mass is 10.1. The van der Waals surface area contributed by atoms with Gasteiger partial charge in [-0.3, -0.25) is 9.48 Å². The van der Waals surface area contributed by atoms with Gasteiger partial charge in [0.1, 0.15) is 17.7 Å². The minimum absolute atomic E-state index is 0.0697. The molecule has 5 heteroatoms. The van der Waals surface area contributed by atoms with Crippen molar-refractivity contribution in [3.05, 3.63) is 40.0 Å². The Morgan fingerprint density at radius 1 is 1.59 bits per heavy atom. The molecule has 2 heterocycles. The fourth-order valence-electron chi connectivity index (χ4n) is 1.67. The summed E-state index contributed by atoms with van der Waals surface area (Å²) >= 11 is 3.36. The molecule has 0 amide bonds. The smallest absolute Gasteiger partial charge is 0.215 e. The van der Waals surface area contributed by atoms with E-state index in [1.807, 2.05) is 13.8 Å². The Balaban J connectivity index is 2.39. The van der Waals surface area contributed by atoms with Gasteiger partial charge in [0.15, 0.2) is 0 Å². The van der Waals surface area contributed by atoms with E-state index in [1.54, 1.807) is 16.9 Å². The van der Waals surface area contributed by atoms with Crippen molar-refractivity contribution in [3.8, 4) is 0 Å². The minimum atomic E-state index is -0.0697. The van der Waals surface area contributed by atoms with Gasteiger partial charge in [-0.25, -0.2) is 0 Å². The molecule has 0 radical (unpaired) electrons. The molecular formula is C12H13BrN2O2. The van der Waals surface area contributed by atoms with Crippen molar-refractivity contribution in [3.63, 3.8) is 0 Å². The van der Waals surface area contributed by atoms with Gasteiger partial charge >= 0.3 is 0 Å². The van der Waals surface area contributed by atoms with Crippen LogP contribution < -0.4 is 0 Å². The lowest BCUT2D eigenvalue weighted by Gasteiger charge is -2.04. The summed E-state index contributed by atoms with van der Waals surface area (Å²) < 4.78 is 7.59. The predicted octanol–water partition coefficient (Wildman–Crippen LogP) is 3.19. The van der Waals surface area contributed by atoms with Gasteiger partial charge in [-0.1, -0.05) is 6.92 Å². The Morgan fingerprint density at radius 2 is 2.35 bits per heavy atom. The van der Waals surface area contributed by atoms with E-state index in [-0.39, 0.29) is 5.78 Å². The largest absolute Gasteiger partial charge is 0.469 e. The quantitative estimate of drug-likeness (QED) is 0.814. The number of aromatic nitrogens is 2. The van der Waals surface area contributed by atoms with Gasteiger partial charge in [0, 0.05) is 6.54 Å². The lowest BCUT2D eigenvalue weighted by molar-refractivity contribution is 0.102. The Bertz CT molecular complexity index is 542. The van der Waals surface area contributed by atoms with Crippen LogP contribution in [0, 0.1) is 6.92 Å². The Kier molecular flexibility index (Phi) is 3.47. The topological polar surface area (TPSA) is 48.0 Å². The van der Waals surface area contributed by atoms with E-state index in [4.69, 9.17) is 4.42 Å². The van der Waals surface area contributed by atoms with Gasteiger partial charge in [-0.2, -0.15) is 5.10 Å². The molecule has 0 aliphatic carbocycles. The molecule has 17 heavy (non-hydrogen) atoms. The van der Waals surface area contributed by atoms with Gasteiger partial charge < -0.3 is 4.42 Å². The average molecular weight is 297 g/mol. The summed E-state index contributed by atoms with van der Waals surface area (Å²) in [5, 5.41) is 4.18. The molecule has 90 valence electrons. The van der Waals surface area contributed by atoms with E-state index in [1.165, 1.54) is 6.26 Å². The van der Waals surface area contributed by atoms with E-state index in [0.717, 1.165) is 23.2 Å². The van der Waals surface area contributed by atoms with Crippen molar-refractivity contribution in [1.29, 1.82) is 0 Å². The van der Waals surface area contributed by atoms with Crippen LogP contribution in [-0.2, 0) is 6.54 Å². The number of hydrogen-bond acceptors (Lipinski definition) is 3. The number of carbonyl (C=O) groups excluding carboxylic acids is 1. The zero-order valence-electron chi connectivity index (χ0n) is 9.74. The number of aryl methyl sites for hydroxylation is 2. The molecule has 0 aliphatic heterocycles. The van der Waals surface area contributed by atoms with Crippen LogP contribution in [0.15, 0.2) is 27.4 Å². The second-order valence-corrected chi connectivity index (χ2v) is 4.69. The molecule has 0 aromatic carbocycles. The summed E-state index contributed by atoms with van der Waals surface area (Å²) in [6.45, 7) is 4.59. The monoisotopic (exact) mass is 296 g/mol. The predicted molar refractivity (Wildman–Crippen MR) is 67.1 cm³/mol. The maximum atomic E-state index is 12.3. The van der Waals surface area contributed by atoms with Crippen molar-refractivity contribution in [1.82, 2.24) is 9.78 Å². The second-order valence-electron chi connectivity index (χ2n) is 3.84. The molecule has 0 spiro atoms. The molecule has 2 rings (SSSR count). The highest BCUT2D eigenvalue weighted by molar-refractivity contribution is 9.10. The molecule has 2 aromatic heterocycles. The van der Waals surface area contributed by atoms with Gasteiger partial charge in [-0.15, -0.1) is 0 Å². The zero-order chi connectivity index (χ0) is 12.4. The zero-order valence-corrected chi connectivity index (χ0v) is 11.3.